The standard InChI is InChI=1S/C17H23N3O4S/c21-14(15-2-1-13-25-15)3-4-16(22)18-5-7-19(8-6-18)17(23)20-9-11-24-12-10-20/h1-2,13H,3-12H2. The fourth-order valence-electron chi connectivity index (χ4n) is 3.04. The minimum absolute atomic E-state index is 0.0108. The van der Waals surface area contributed by atoms with Crippen molar-refractivity contribution in [3.05, 3.63) is 22.4 Å². The molecule has 3 heterocycles. The second kappa shape index (κ2) is 8.44. The maximum Gasteiger partial charge on any atom is 0.320 e. The van der Waals surface area contributed by atoms with Crippen molar-refractivity contribution in [1.29, 1.82) is 0 Å². The Morgan fingerprint density at radius 3 is 2.20 bits per heavy atom. The van der Waals surface area contributed by atoms with Gasteiger partial charge >= 0.3 is 6.03 Å². The average Bonchev–Trinajstić information content (AvgIpc) is 3.21. The summed E-state index contributed by atoms with van der Waals surface area (Å²) in [5, 5.41) is 1.86. The predicted octanol–water partition coefficient (Wildman–Crippen LogP) is 1.31. The number of ether oxygens (including phenoxy) is 1. The molecule has 2 aliphatic rings. The van der Waals surface area contributed by atoms with E-state index in [-0.39, 0.29) is 30.6 Å². The summed E-state index contributed by atoms with van der Waals surface area (Å²) in [5.74, 6) is 0.00728. The molecule has 2 saturated heterocycles. The summed E-state index contributed by atoms with van der Waals surface area (Å²) in [4.78, 5) is 42.8. The van der Waals surface area contributed by atoms with Gasteiger partial charge in [0, 0.05) is 52.1 Å². The lowest BCUT2D eigenvalue weighted by atomic mass is 10.1. The van der Waals surface area contributed by atoms with Crippen LogP contribution in [0.15, 0.2) is 17.5 Å². The third-order valence-electron chi connectivity index (χ3n) is 4.55. The lowest BCUT2D eigenvalue weighted by Crippen LogP contribution is -2.55. The van der Waals surface area contributed by atoms with E-state index in [0.717, 1.165) is 0 Å². The summed E-state index contributed by atoms with van der Waals surface area (Å²) in [7, 11) is 0. The number of thiophene rings is 1. The van der Waals surface area contributed by atoms with Gasteiger partial charge in [-0.1, -0.05) is 6.07 Å². The number of carbonyl (C=O) groups is 3. The minimum Gasteiger partial charge on any atom is -0.378 e. The third-order valence-corrected chi connectivity index (χ3v) is 5.46. The van der Waals surface area contributed by atoms with Crippen LogP contribution < -0.4 is 0 Å². The molecule has 0 atom stereocenters. The molecular weight excluding hydrogens is 342 g/mol. The number of piperazine rings is 1. The zero-order valence-electron chi connectivity index (χ0n) is 14.2. The Hall–Kier alpha value is -1.93. The first-order valence-corrected chi connectivity index (χ1v) is 9.49. The summed E-state index contributed by atoms with van der Waals surface area (Å²) in [5.41, 5.74) is 0. The first-order chi connectivity index (χ1) is 12.1. The van der Waals surface area contributed by atoms with Crippen LogP contribution in [0.25, 0.3) is 0 Å². The van der Waals surface area contributed by atoms with Crippen LogP contribution in [0.4, 0.5) is 4.79 Å². The van der Waals surface area contributed by atoms with Crippen molar-refractivity contribution >= 4 is 29.1 Å². The number of ketones is 1. The van der Waals surface area contributed by atoms with Crippen LogP contribution in [0, 0.1) is 0 Å². The molecule has 136 valence electrons. The van der Waals surface area contributed by atoms with Gasteiger partial charge in [-0.3, -0.25) is 9.59 Å². The number of hydrogen-bond donors (Lipinski definition) is 0. The van der Waals surface area contributed by atoms with Gasteiger partial charge in [-0.15, -0.1) is 11.3 Å². The number of morpholine rings is 1. The molecule has 8 heteroatoms. The number of Topliss-reactive ketones (excluding diaryl/α,β-unsaturated/α-hetero) is 1. The van der Waals surface area contributed by atoms with E-state index >= 15 is 0 Å². The van der Waals surface area contributed by atoms with Crippen molar-refractivity contribution in [3.63, 3.8) is 0 Å². The Balaban J connectivity index is 1.41. The third kappa shape index (κ3) is 4.58. The first-order valence-electron chi connectivity index (χ1n) is 8.61. The Morgan fingerprint density at radius 2 is 1.56 bits per heavy atom. The van der Waals surface area contributed by atoms with Gasteiger partial charge in [-0.05, 0) is 11.4 Å². The van der Waals surface area contributed by atoms with E-state index in [0.29, 0.717) is 57.4 Å². The molecular formula is C17H23N3O4S. The minimum atomic E-state index is -0.0108. The van der Waals surface area contributed by atoms with Crippen LogP contribution >= 0.6 is 11.3 Å². The lowest BCUT2D eigenvalue weighted by molar-refractivity contribution is -0.132. The van der Waals surface area contributed by atoms with Crippen molar-refractivity contribution < 1.29 is 19.1 Å². The van der Waals surface area contributed by atoms with E-state index in [2.05, 4.69) is 0 Å². The molecule has 0 unspecified atom stereocenters. The second-order valence-corrected chi connectivity index (χ2v) is 7.10. The number of hydrogen-bond acceptors (Lipinski definition) is 5. The summed E-state index contributed by atoms with van der Waals surface area (Å²) >= 11 is 1.40. The molecule has 0 aromatic carbocycles. The van der Waals surface area contributed by atoms with Gasteiger partial charge in [0.1, 0.15) is 0 Å². The van der Waals surface area contributed by atoms with Crippen LogP contribution in [0.2, 0.25) is 0 Å². The van der Waals surface area contributed by atoms with E-state index in [1.165, 1.54) is 11.3 Å². The van der Waals surface area contributed by atoms with Gasteiger partial charge in [-0.25, -0.2) is 4.79 Å². The Labute approximate surface area is 151 Å². The Bertz CT molecular complexity index is 605. The Kier molecular flexibility index (Phi) is 6.04. The molecule has 1 aromatic heterocycles. The van der Waals surface area contributed by atoms with Gasteiger partial charge in [-0.2, -0.15) is 0 Å². The highest BCUT2D eigenvalue weighted by Crippen LogP contribution is 2.14. The molecule has 0 radical (unpaired) electrons. The maximum atomic E-state index is 12.4. The van der Waals surface area contributed by atoms with Crippen LogP contribution in [0.5, 0.6) is 0 Å². The largest absolute Gasteiger partial charge is 0.378 e. The highest BCUT2D eigenvalue weighted by Gasteiger charge is 2.28. The van der Waals surface area contributed by atoms with Crippen LogP contribution in [0.1, 0.15) is 22.5 Å². The highest BCUT2D eigenvalue weighted by molar-refractivity contribution is 7.12. The van der Waals surface area contributed by atoms with Crippen molar-refractivity contribution in [2.24, 2.45) is 0 Å². The molecule has 2 aliphatic heterocycles. The first kappa shape index (κ1) is 17.9. The summed E-state index contributed by atoms with van der Waals surface area (Å²) in [6, 6.07) is 3.65. The number of amides is 3. The zero-order valence-corrected chi connectivity index (χ0v) is 15.0. The highest BCUT2D eigenvalue weighted by atomic mass is 32.1. The average molecular weight is 365 g/mol. The quantitative estimate of drug-likeness (QED) is 0.755. The van der Waals surface area contributed by atoms with Crippen molar-refractivity contribution in [1.82, 2.24) is 14.7 Å². The van der Waals surface area contributed by atoms with Crippen LogP contribution in [-0.4, -0.2) is 84.9 Å². The topological polar surface area (TPSA) is 70.2 Å². The number of carbonyl (C=O) groups excluding carboxylic acids is 3. The number of nitrogens with zero attached hydrogens (tertiary/aromatic N) is 3. The molecule has 3 amide bonds. The molecule has 7 nitrogen and oxygen atoms in total. The number of rotatable bonds is 4. The van der Waals surface area contributed by atoms with E-state index in [9.17, 15) is 14.4 Å². The summed E-state index contributed by atoms with van der Waals surface area (Å²) in [6.45, 7) is 4.57. The summed E-state index contributed by atoms with van der Waals surface area (Å²) < 4.78 is 5.27. The Morgan fingerprint density at radius 1 is 0.920 bits per heavy atom. The van der Waals surface area contributed by atoms with Crippen molar-refractivity contribution in [2.75, 3.05) is 52.5 Å². The maximum absolute atomic E-state index is 12.4. The van der Waals surface area contributed by atoms with Crippen molar-refractivity contribution in [2.45, 2.75) is 12.8 Å². The predicted molar refractivity (Wildman–Crippen MR) is 93.8 cm³/mol. The van der Waals surface area contributed by atoms with E-state index in [4.69, 9.17) is 4.74 Å². The van der Waals surface area contributed by atoms with Crippen LogP contribution in [0.3, 0.4) is 0 Å². The van der Waals surface area contributed by atoms with Gasteiger partial charge in [0.05, 0.1) is 18.1 Å². The molecule has 0 saturated carbocycles. The smallest absolute Gasteiger partial charge is 0.320 e. The molecule has 1 aromatic rings. The number of urea groups is 1. The van der Waals surface area contributed by atoms with E-state index in [1.54, 1.807) is 20.8 Å². The van der Waals surface area contributed by atoms with Crippen LogP contribution in [-0.2, 0) is 9.53 Å². The molecule has 25 heavy (non-hydrogen) atoms. The summed E-state index contributed by atoms with van der Waals surface area (Å²) in [6.07, 6.45) is 0.473. The monoisotopic (exact) mass is 365 g/mol. The van der Waals surface area contributed by atoms with Gasteiger partial charge in [0.25, 0.3) is 0 Å². The molecule has 3 rings (SSSR count). The zero-order chi connectivity index (χ0) is 17.6. The molecule has 0 N–H and O–H groups in total. The molecule has 0 aliphatic carbocycles. The molecule has 0 bridgehead atoms. The van der Waals surface area contributed by atoms with Gasteiger partial charge in [0.15, 0.2) is 5.78 Å². The fourth-order valence-corrected chi connectivity index (χ4v) is 3.74. The molecule has 2 fully saturated rings. The SMILES string of the molecule is O=C(CCC(=O)N1CCN(C(=O)N2CCOCC2)CC1)c1cccs1. The normalized spacial score (nSPS) is 18.3. The molecule has 0 spiro atoms. The van der Waals surface area contributed by atoms with E-state index < -0.39 is 0 Å². The lowest BCUT2D eigenvalue weighted by Gasteiger charge is -2.38. The second-order valence-electron chi connectivity index (χ2n) is 6.15. The van der Waals surface area contributed by atoms with Crippen molar-refractivity contribution in [3.8, 4) is 0 Å². The van der Waals surface area contributed by atoms with Gasteiger partial charge < -0.3 is 19.4 Å². The fraction of sp³-hybridized carbons (Fsp3) is 0.588. The van der Waals surface area contributed by atoms with Gasteiger partial charge in [0.2, 0.25) is 5.91 Å². The van der Waals surface area contributed by atoms with E-state index in [1.807, 2.05) is 11.4 Å².